The molecular weight excluding hydrogens is 578 g/mol. The Balaban J connectivity index is 1.06. The lowest BCUT2D eigenvalue weighted by Gasteiger charge is -2.45. The molecule has 0 radical (unpaired) electrons. The van der Waals surface area contributed by atoms with E-state index in [-0.39, 0.29) is 18.0 Å². The van der Waals surface area contributed by atoms with Gasteiger partial charge in [0.25, 0.3) is 0 Å². The van der Waals surface area contributed by atoms with E-state index in [1.165, 1.54) is 5.56 Å². The van der Waals surface area contributed by atoms with Gasteiger partial charge in [-0.15, -0.1) is 0 Å². The number of likely N-dealkylation sites (tertiary alicyclic amines) is 1. The van der Waals surface area contributed by atoms with E-state index in [4.69, 9.17) is 15.2 Å². The van der Waals surface area contributed by atoms with Gasteiger partial charge in [0.1, 0.15) is 23.9 Å². The fraction of sp³-hybridized carbons (Fsp3) is 0.306. The molecule has 3 heterocycles. The van der Waals surface area contributed by atoms with Crippen LogP contribution in [0.15, 0.2) is 91.1 Å². The first-order valence-electron chi connectivity index (χ1n) is 15.6. The molecule has 3 aromatic carbocycles. The summed E-state index contributed by atoms with van der Waals surface area (Å²) in [6.45, 7) is 6.00. The van der Waals surface area contributed by atoms with Crippen LogP contribution in [0.1, 0.15) is 29.2 Å². The highest BCUT2D eigenvalue weighted by molar-refractivity contribution is 5.87. The summed E-state index contributed by atoms with van der Waals surface area (Å²) in [4.78, 5) is 26.2. The molecule has 3 N–H and O–H groups in total. The van der Waals surface area contributed by atoms with Crippen LogP contribution in [0.3, 0.4) is 0 Å². The molecule has 10 heteroatoms. The van der Waals surface area contributed by atoms with Crippen molar-refractivity contribution in [2.45, 2.75) is 45.2 Å². The Morgan fingerprint density at radius 1 is 0.978 bits per heavy atom. The van der Waals surface area contributed by atoms with Crippen LogP contribution in [0.25, 0.3) is 11.0 Å². The van der Waals surface area contributed by atoms with E-state index in [2.05, 4.69) is 60.0 Å². The number of carbonyl (C=O) groups excluding carboxylic acids is 1. The van der Waals surface area contributed by atoms with E-state index in [0.29, 0.717) is 31.6 Å². The minimum Gasteiger partial charge on any atom is -0.496 e. The summed E-state index contributed by atoms with van der Waals surface area (Å²) >= 11 is 0. The van der Waals surface area contributed by atoms with E-state index in [0.717, 1.165) is 53.1 Å². The summed E-state index contributed by atoms with van der Waals surface area (Å²) in [6, 6.07) is 28.3. The Morgan fingerprint density at radius 3 is 2.41 bits per heavy atom. The van der Waals surface area contributed by atoms with Crippen molar-refractivity contribution in [1.82, 2.24) is 24.3 Å². The van der Waals surface area contributed by atoms with Crippen molar-refractivity contribution < 1.29 is 14.3 Å². The Labute approximate surface area is 269 Å². The van der Waals surface area contributed by atoms with Crippen molar-refractivity contribution in [1.29, 1.82) is 0 Å². The van der Waals surface area contributed by atoms with Crippen LogP contribution in [0.4, 0.5) is 11.8 Å². The SMILES string of the molecule is COc1cc(CN2CC(N(C)C(C)C(=O)OCc3ccccc3)C2)ccc1Cn1ccc2nc(N)nc(NCc3ccccc3)c21. The molecule has 46 heavy (non-hydrogen) atoms. The van der Waals surface area contributed by atoms with Gasteiger partial charge < -0.3 is 25.1 Å². The van der Waals surface area contributed by atoms with Gasteiger partial charge in [0.05, 0.1) is 19.2 Å². The first kappa shape index (κ1) is 31.1. The van der Waals surface area contributed by atoms with Gasteiger partial charge in [-0.05, 0) is 42.8 Å². The molecule has 2 aromatic heterocycles. The van der Waals surface area contributed by atoms with Gasteiger partial charge in [-0.1, -0.05) is 72.8 Å². The van der Waals surface area contributed by atoms with Crippen molar-refractivity contribution >= 4 is 28.8 Å². The number of methoxy groups -OCH3 is 1. The minimum absolute atomic E-state index is 0.199. The van der Waals surface area contributed by atoms with Gasteiger partial charge >= 0.3 is 5.97 Å². The van der Waals surface area contributed by atoms with Gasteiger partial charge in [0, 0.05) is 44.0 Å². The topological polar surface area (TPSA) is 111 Å². The second-order valence-electron chi connectivity index (χ2n) is 11.9. The average Bonchev–Trinajstić information content (AvgIpc) is 3.46. The van der Waals surface area contributed by atoms with E-state index >= 15 is 0 Å². The Hall–Kier alpha value is -4.93. The molecule has 0 spiro atoms. The number of nitrogens with zero attached hydrogens (tertiary/aromatic N) is 5. The predicted molar refractivity (Wildman–Crippen MR) is 180 cm³/mol. The maximum Gasteiger partial charge on any atom is 0.323 e. The molecule has 1 unspecified atom stereocenters. The number of hydrogen-bond acceptors (Lipinski definition) is 9. The van der Waals surface area contributed by atoms with Gasteiger partial charge in [-0.3, -0.25) is 14.6 Å². The third-order valence-corrected chi connectivity index (χ3v) is 8.72. The van der Waals surface area contributed by atoms with Gasteiger partial charge in [-0.2, -0.15) is 4.98 Å². The van der Waals surface area contributed by atoms with Gasteiger partial charge in [0.15, 0.2) is 5.82 Å². The molecule has 0 saturated carbocycles. The maximum absolute atomic E-state index is 12.7. The zero-order valence-electron chi connectivity index (χ0n) is 26.6. The molecule has 1 aliphatic heterocycles. The largest absolute Gasteiger partial charge is 0.496 e. The molecule has 6 rings (SSSR count). The number of rotatable bonds is 13. The number of likely N-dealkylation sites (N-methyl/N-ethyl adjacent to an activating group) is 1. The minimum atomic E-state index is -0.309. The van der Waals surface area contributed by atoms with Gasteiger partial charge in [-0.25, -0.2) is 4.98 Å². The molecular formula is C36H41N7O3. The van der Waals surface area contributed by atoms with Crippen molar-refractivity contribution in [3.8, 4) is 5.75 Å². The van der Waals surface area contributed by atoms with Crippen LogP contribution >= 0.6 is 0 Å². The third kappa shape index (κ3) is 7.14. The second-order valence-corrected chi connectivity index (χ2v) is 11.9. The number of aromatic nitrogens is 3. The molecule has 0 bridgehead atoms. The lowest BCUT2D eigenvalue weighted by Crippen LogP contribution is -2.60. The third-order valence-electron chi connectivity index (χ3n) is 8.72. The average molecular weight is 620 g/mol. The maximum atomic E-state index is 12.7. The summed E-state index contributed by atoms with van der Waals surface area (Å²) in [7, 11) is 3.71. The molecule has 238 valence electrons. The van der Waals surface area contributed by atoms with Crippen LogP contribution in [0, 0.1) is 0 Å². The van der Waals surface area contributed by atoms with Crippen LogP contribution in [0.5, 0.6) is 5.75 Å². The summed E-state index contributed by atoms with van der Waals surface area (Å²) in [5, 5.41) is 3.45. The van der Waals surface area contributed by atoms with Crippen molar-refractivity contribution in [2.75, 3.05) is 38.3 Å². The number of nitrogens with two attached hydrogens (primary N) is 1. The molecule has 1 fully saturated rings. The Kier molecular flexibility index (Phi) is 9.46. The fourth-order valence-electron chi connectivity index (χ4n) is 5.88. The zero-order valence-corrected chi connectivity index (χ0v) is 26.6. The van der Waals surface area contributed by atoms with E-state index < -0.39 is 0 Å². The monoisotopic (exact) mass is 619 g/mol. The van der Waals surface area contributed by atoms with Gasteiger partial charge in [0.2, 0.25) is 5.95 Å². The van der Waals surface area contributed by atoms with Crippen LogP contribution in [-0.2, 0) is 35.8 Å². The number of hydrogen-bond donors (Lipinski definition) is 2. The molecule has 0 aliphatic carbocycles. The molecule has 1 atom stereocenters. The van der Waals surface area contributed by atoms with Crippen LogP contribution < -0.4 is 15.8 Å². The molecule has 5 aromatic rings. The summed E-state index contributed by atoms with van der Waals surface area (Å²) in [6.07, 6.45) is 2.01. The lowest BCUT2D eigenvalue weighted by molar-refractivity contribution is -0.152. The van der Waals surface area contributed by atoms with Crippen molar-refractivity contribution in [3.63, 3.8) is 0 Å². The number of fused-ring (bicyclic) bond motifs is 1. The number of carbonyl (C=O) groups is 1. The van der Waals surface area contributed by atoms with E-state index in [9.17, 15) is 4.79 Å². The highest BCUT2D eigenvalue weighted by atomic mass is 16.5. The Bertz CT molecular complexity index is 1770. The van der Waals surface area contributed by atoms with Crippen LogP contribution in [0.2, 0.25) is 0 Å². The first-order valence-corrected chi connectivity index (χ1v) is 15.6. The van der Waals surface area contributed by atoms with Crippen LogP contribution in [-0.4, -0.2) is 69.6 Å². The number of anilines is 2. The summed E-state index contributed by atoms with van der Waals surface area (Å²) in [5.41, 5.74) is 12.1. The lowest BCUT2D eigenvalue weighted by atomic mass is 10.0. The Morgan fingerprint density at radius 2 is 1.70 bits per heavy atom. The predicted octanol–water partition coefficient (Wildman–Crippen LogP) is 4.93. The standard InChI is InChI=1S/C36H41N7O3/c1-25(35(44)46-24-27-12-8-5-9-13-27)41(2)30-22-42(23-30)20-28-14-15-29(32(18-28)45-3)21-43-17-16-31-33(43)34(40-36(37)39-31)38-19-26-10-6-4-7-11-26/h4-18,25,30H,19-24H2,1-3H3,(H3,37,38,39,40). The number of ether oxygens (including phenoxy) is 2. The van der Waals surface area contributed by atoms with Crippen molar-refractivity contribution in [2.24, 2.45) is 0 Å². The number of benzene rings is 3. The smallest absolute Gasteiger partial charge is 0.323 e. The molecule has 1 saturated heterocycles. The summed E-state index contributed by atoms with van der Waals surface area (Å²) in [5.74, 6) is 1.57. The highest BCUT2D eigenvalue weighted by Gasteiger charge is 2.34. The molecule has 0 amide bonds. The second kappa shape index (κ2) is 14.0. The zero-order chi connectivity index (χ0) is 32.0. The van der Waals surface area contributed by atoms with E-state index in [1.807, 2.05) is 74.8 Å². The number of nitrogens with one attached hydrogen (secondary N) is 1. The number of nitrogen functional groups attached to an aromatic ring is 1. The van der Waals surface area contributed by atoms with E-state index in [1.54, 1.807) is 7.11 Å². The highest BCUT2D eigenvalue weighted by Crippen LogP contribution is 2.28. The molecule has 1 aliphatic rings. The number of esters is 1. The summed E-state index contributed by atoms with van der Waals surface area (Å²) < 4.78 is 13.5. The fourth-order valence-corrected chi connectivity index (χ4v) is 5.88. The normalized spacial score (nSPS) is 14.3. The first-order chi connectivity index (χ1) is 22.4. The molecule has 10 nitrogen and oxygen atoms in total. The van der Waals surface area contributed by atoms with Crippen molar-refractivity contribution in [3.05, 3.63) is 113 Å². The quantitative estimate of drug-likeness (QED) is 0.177.